The van der Waals surface area contributed by atoms with E-state index in [1.807, 2.05) is 12.1 Å². The molecule has 0 bridgehead atoms. The van der Waals surface area contributed by atoms with Crippen LogP contribution in [0.2, 0.25) is 0 Å². The van der Waals surface area contributed by atoms with Gasteiger partial charge in [0.2, 0.25) is 23.6 Å². The maximum Gasteiger partial charge on any atom is 0.272 e. The van der Waals surface area contributed by atoms with Crippen LogP contribution in [0.5, 0.6) is 0 Å². The highest BCUT2D eigenvalue weighted by atomic mass is 19.3. The monoisotopic (exact) mass is 1160 g/mol. The van der Waals surface area contributed by atoms with Crippen molar-refractivity contribution in [3.05, 3.63) is 156 Å². The molecule has 4 amide bonds. The average Bonchev–Trinajstić information content (AvgIpc) is 2.57. The van der Waals surface area contributed by atoms with Crippen LogP contribution in [-0.2, 0) is 23.7 Å². The number of alkyl halides is 2. The average molecular weight is 1160 g/mol. The van der Waals surface area contributed by atoms with E-state index in [4.69, 9.17) is 8.83 Å². The summed E-state index contributed by atoms with van der Waals surface area (Å²) in [4.78, 5) is 81.8. The van der Waals surface area contributed by atoms with Gasteiger partial charge in [-0.25, -0.2) is 18.7 Å². The van der Waals surface area contributed by atoms with Gasteiger partial charge in [-0.2, -0.15) is 9.59 Å². The number of piperazine rings is 2. The summed E-state index contributed by atoms with van der Waals surface area (Å²) < 4.78 is 39.1. The van der Waals surface area contributed by atoms with Crippen molar-refractivity contribution < 1.29 is 36.8 Å². The van der Waals surface area contributed by atoms with E-state index in [0.717, 1.165) is 35.1 Å². The number of pyridine rings is 2. The van der Waals surface area contributed by atoms with Crippen LogP contribution in [0.15, 0.2) is 130 Å². The van der Waals surface area contributed by atoms with Crippen molar-refractivity contribution >= 4 is 57.2 Å². The van der Waals surface area contributed by atoms with Crippen molar-refractivity contribution in [1.82, 2.24) is 80.0 Å². The number of fused-ring (bicyclic) bond motifs is 2. The molecule has 6 aromatic heterocycles. The summed E-state index contributed by atoms with van der Waals surface area (Å²) in [5.74, 6) is -3.85. The Hall–Kier alpha value is -10.1. The first kappa shape index (κ1) is 53.9. The Morgan fingerprint density at radius 3 is 1.53 bits per heavy atom. The first-order chi connectivity index (χ1) is 41.7. The zero-order chi connectivity index (χ0) is 58.8. The van der Waals surface area contributed by atoms with Gasteiger partial charge < -0.3 is 29.3 Å². The second-order valence-electron chi connectivity index (χ2n) is 22.0. The number of tetrazole rings is 2. The molecule has 14 rings (SSSR count). The highest BCUT2D eigenvalue weighted by Gasteiger charge is 2.61. The first-order valence-corrected chi connectivity index (χ1v) is 28.2. The third-order valence-electron chi connectivity index (χ3n) is 16.1. The van der Waals surface area contributed by atoms with Gasteiger partial charge in [-0.05, 0) is 112 Å². The standard InChI is InChI=1S/C60H54F2N18O6/c1-75-71-52(69-73-75)50(77-20-24-79(25-21-77)58(83)46-29-39(16-18-63-46)56-67-44-31-41(12-14-48(44)85-56)65-54(81)36-10-11-36)35-8-6-34(7-9-35)37-4-3-5-38(28-37)51(53-70-74-76(2)72-53)78-22-26-80(27-23-78)59(84)47-30-40(17-19-64-47)57-68-45-32-42(13-15-49(45)86-57)66-55(82)43-33-60(43,61)62/h3-9,12-19,28-32,36,43,50-51H,10-11,20-27,33H2,1-2H3,(H,65,81)(H,66,82)/t43-,50?,51?/m1/s1. The normalized spacial score (nSPS) is 17.8. The lowest BCUT2D eigenvalue weighted by molar-refractivity contribution is -0.119. The van der Waals surface area contributed by atoms with Gasteiger partial charge in [0, 0.05) is 99.6 Å². The summed E-state index contributed by atoms with van der Waals surface area (Å²) in [6.45, 7) is 3.67. The van der Waals surface area contributed by atoms with E-state index in [9.17, 15) is 28.0 Å². The molecule has 2 aliphatic carbocycles. The van der Waals surface area contributed by atoms with Crippen molar-refractivity contribution in [3.63, 3.8) is 0 Å². The second kappa shape index (κ2) is 21.8. The van der Waals surface area contributed by atoms with Crippen LogP contribution in [0.1, 0.15) is 75.1 Å². The summed E-state index contributed by atoms with van der Waals surface area (Å²) in [6, 6.07) is 32.6. The summed E-state index contributed by atoms with van der Waals surface area (Å²) in [6.07, 6.45) is 4.44. The van der Waals surface area contributed by atoms with Crippen molar-refractivity contribution in [2.24, 2.45) is 25.9 Å². The smallest absolute Gasteiger partial charge is 0.272 e. The molecule has 2 N–H and O–H groups in total. The third-order valence-corrected chi connectivity index (χ3v) is 16.1. The van der Waals surface area contributed by atoms with E-state index < -0.39 is 30.2 Å². The molecule has 26 heteroatoms. The number of halogens is 2. The van der Waals surface area contributed by atoms with E-state index in [-0.39, 0.29) is 47.0 Å². The molecule has 0 radical (unpaired) electrons. The predicted octanol–water partition coefficient (Wildman–Crippen LogP) is 6.84. The van der Waals surface area contributed by atoms with Crippen LogP contribution in [0.4, 0.5) is 20.2 Å². The molecule has 86 heavy (non-hydrogen) atoms. The van der Waals surface area contributed by atoms with Gasteiger partial charge in [0.15, 0.2) is 22.8 Å². The number of nitrogens with zero attached hydrogens (tertiary/aromatic N) is 16. The number of aryl methyl sites for hydroxylation is 2. The Morgan fingerprint density at radius 1 is 0.558 bits per heavy atom. The van der Waals surface area contributed by atoms with Crippen LogP contribution < -0.4 is 10.6 Å². The van der Waals surface area contributed by atoms with E-state index in [1.165, 1.54) is 15.8 Å². The summed E-state index contributed by atoms with van der Waals surface area (Å²) in [5, 5.41) is 32.1. The Labute approximate surface area is 488 Å². The van der Waals surface area contributed by atoms with Gasteiger partial charge in [-0.15, -0.1) is 20.4 Å². The van der Waals surface area contributed by atoms with Crippen LogP contribution in [0.3, 0.4) is 0 Å². The highest BCUT2D eigenvalue weighted by molar-refractivity contribution is 5.98. The Morgan fingerprint density at radius 2 is 1.06 bits per heavy atom. The lowest BCUT2D eigenvalue weighted by Gasteiger charge is -2.38. The topological polar surface area (TPSA) is 270 Å². The molecule has 4 aromatic carbocycles. The molecule has 2 unspecified atom stereocenters. The van der Waals surface area contributed by atoms with Gasteiger partial charge >= 0.3 is 0 Å². The Kier molecular flexibility index (Phi) is 13.7. The number of hydrogen-bond donors (Lipinski definition) is 2. The van der Waals surface area contributed by atoms with Crippen LogP contribution in [-0.4, -0.2) is 162 Å². The Balaban J connectivity index is 0.634. The zero-order valence-corrected chi connectivity index (χ0v) is 46.5. The van der Waals surface area contributed by atoms with Crippen molar-refractivity contribution in [2.45, 2.75) is 37.3 Å². The number of benzene rings is 4. The summed E-state index contributed by atoms with van der Waals surface area (Å²) in [7, 11) is 3.46. The summed E-state index contributed by atoms with van der Waals surface area (Å²) >= 11 is 0. The zero-order valence-electron chi connectivity index (χ0n) is 46.5. The van der Waals surface area contributed by atoms with E-state index >= 15 is 0 Å². The van der Waals surface area contributed by atoms with E-state index in [0.29, 0.717) is 115 Å². The van der Waals surface area contributed by atoms with Crippen molar-refractivity contribution in [2.75, 3.05) is 63.0 Å². The maximum absolute atomic E-state index is 14.1. The number of hydrogen-bond acceptors (Lipinski definition) is 18. The number of amides is 4. The molecule has 10 aromatic rings. The van der Waals surface area contributed by atoms with Crippen LogP contribution in [0, 0.1) is 11.8 Å². The largest absolute Gasteiger partial charge is 0.436 e. The molecule has 2 aliphatic heterocycles. The predicted molar refractivity (Wildman–Crippen MR) is 306 cm³/mol. The summed E-state index contributed by atoms with van der Waals surface area (Å²) in [5.41, 5.74) is 8.38. The second-order valence-corrected chi connectivity index (χ2v) is 22.0. The maximum atomic E-state index is 14.1. The minimum atomic E-state index is -2.98. The minimum Gasteiger partial charge on any atom is -0.436 e. The number of carbonyl (C=O) groups is 4. The molecule has 2 saturated heterocycles. The number of carbonyl (C=O) groups excluding carboxylic acids is 4. The number of aromatic nitrogens is 12. The highest BCUT2D eigenvalue weighted by Crippen LogP contribution is 2.49. The van der Waals surface area contributed by atoms with E-state index in [2.05, 4.69) is 108 Å². The fourth-order valence-corrected chi connectivity index (χ4v) is 11.2. The molecular weight excluding hydrogens is 1110 g/mol. The molecule has 24 nitrogen and oxygen atoms in total. The number of anilines is 2. The SMILES string of the molecule is Cn1nnc(C(c2ccc(-c3cccc(C(c4nnn(C)n4)N4CCN(C(=O)c5cc(-c6nc7cc(NC(=O)[C@H]8CC8(F)F)ccc7o6)ccn5)CC4)c3)cc2)N2CCN(C(=O)c3cc(-c4nc5cc(NC(=O)C6CC6)ccc5o4)ccn3)CC2)n1. The third kappa shape index (κ3) is 10.9. The van der Waals surface area contributed by atoms with Gasteiger partial charge in [-0.1, -0.05) is 42.5 Å². The lowest BCUT2D eigenvalue weighted by Crippen LogP contribution is -2.50. The minimum absolute atomic E-state index is 0.00890. The number of nitrogens with one attached hydrogen (secondary N) is 2. The molecule has 0 spiro atoms. The molecule has 4 aliphatic rings. The fraction of sp³-hybridized carbons (Fsp3) is 0.300. The Bertz CT molecular complexity index is 4260. The van der Waals surface area contributed by atoms with Gasteiger partial charge in [0.05, 0.1) is 26.2 Å². The van der Waals surface area contributed by atoms with Gasteiger partial charge in [-0.3, -0.25) is 38.9 Å². The van der Waals surface area contributed by atoms with Crippen LogP contribution >= 0.6 is 0 Å². The van der Waals surface area contributed by atoms with E-state index in [1.54, 1.807) is 90.8 Å². The lowest BCUT2D eigenvalue weighted by atomic mass is 9.95. The van der Waals surface area contributed by atoms with Gasteiger partial charge in [0.25, 0.3) is 17.7 Å². The van der Waals surface area contributed by atoms with Crippen LogP contribution in [0.25, 0.3) is 56.2 Å². The molecule has 4 fully saturated rings. The quantitative estimate of drug-likeness (QED) is 0.106. The van der Waals surface area contributed by atoms with Crippen molar-refractivity contribution in [1.29, 1.82) is 0 Å². The van der Waals surface area contributed by atoms with Gasteiger partial charge in [0.1, 0.15) is 28.3 Å². The molecule has 3 atom stereocenters. The first-order valence-electron chi connectivity index (χ1n) is 28.2. The number of rotatable bonds is 15. The van der Waals surface area contributed by atoms with Crippen molar-refractivity contribution in [3.8, 4) is 34.0 Å². The molecule has 434 valence electrons. The molecule has 8 heterocycles. The fourth-order valence-electron chi connectivity index (χ4n) is 11.2. The molecular formula is C60H54F2N18O6. The molecule has 2 saturated carbocycles. The number of oxazole rings is 2.